The molecule has 0 spiro atoms. The molecule has 2 aliphatic rings. The lowest BCUT2D eigenvalue weighted by Gasteiger charge is -2.27. The second-order valence-electron chi connectivity index (χ2n) is 12.4. The Kier molecular flexibility index (Phi) is 12.9. The van der Waals surface area contributed by atoms with Crippen molar-refractivity contribution < 1.29 is 44.2 Å². The number of nitrogens with one attached hydrogen (secondary N) is 2. The number of ether oxygens (including phenoxy) is 2. The molecule has 3 aromatic rings. The molecule has 2 fully saturated rings. The van der Waals surface area contributed by atoms with Crippen LogP contribution >= 0.6 is 0 Å². The third-order valence-electron chi connectivity index (χ3n) is 8.51. The predicted octanol–water partition coefficient (Wildman–Crippen LogP) is 6.62. The first-order valence-corrected chi connectivity index (χ1v) is 18.1. The maximum absolute atomic E-state index is 13.8. The van der Waals surface area contributed by atoms with Crippen LogP contribution in [-0.4, -0.2) is 89.9 Å². The van der Waals surface area contributed by atoms with E-state index in [4.69, 9.17) is 9.47 Å². The van der Waals surface area contributed by atoms with Crippen molar-refractivity contribution in [2.75, 3.05) is 65.5 Å². The summed E-state index contributed by atoms with van der Waals surface area (Å²) in [6.07, 6.45) is -5.83. The molecule has 3 aromatic carbocycles. The van der Waals surface area contributed by atoms with Crippen molar-refractivity contribution in [2.24, 2.45) is 0 Å². The van der Waals surface area contributed by atoms with E-state index in [1.165, 1.54) is 60.7 Å². The van der Waals surface area contributed by atoms with Crippen LogP contribution in [0.15, 0.2) is 112 Å². The molecule has 2 aliphatic heterocycles. The van der Waals surface area contributed by atoms with Gasteiger partial charge in [-0.15, -0.1) is 0 Å². The summed E-state index contributed by atoms with van der Waals surface area (Å²) in [7, 11) is -4.03. The Morgan fingerprint density at radius 1 is 0.769 bits per heavy atom. The Hall–Kier alpha value is -4.15. The zero-order chi connectivity index (χ0) is 37.4. The van der Waals surface area contributed by atoms with Crippen LogP contribution in [0.2, 0.25) is 0 Å². The third kappa shape index (κ3) is 10.9. The van der Waals surface area contributed by atoms with Crippen LogP contribution < -0.4 is 20.1 Å². The molecule has 0 aromatic heterocycles. The van der Waals surface area contributed by atoms with Crippen molar-refractivity contribution in [2.45, 2.75) is 28.7 Å². The number of sulfone groups is 1. The van der Waals surface area contributed by atoms with Crippen molar-refractivity contribution >= 4 is 9.84 Å². The van der Waals surface area contributed by atoms with Gasteiger partial charge in [-0.25, -0.2) is 8.42 Å². The van der Waals surface area contributed by atoms with E-state index in [9.17, 15) is 34.8 Å². The average Bonchev–Trinajstić information content (AvgIpc) is 3.11. The molecule has 2 N–H and O–H groups in total. The van der Waals surface area contributed by atoms with Gasteiger partial charge in [0.1, 0.15) is 23.9 Å². The predicted molar refractivity (Wildman–Crippen MR) is 185 cm³/mol. The lowest BCUT2D eigenvalue weighted by atomic mass is 10.1. The van der Waals surface area contributed by atoms with Gasteiger partial charge in [0.15, 0.2) is 0 Å². The average molecular weight is 751 g/mol. The van der Waals surface area contributed by atoms with E-state index in [-0.39, 0.29) is 27.0 Å². The molecule has 0 bridgehead atoms. The minimum atomic E-state index is -4.62. The van der Waals surface area contributed by atoms with Gasteiger partial charge in [-0.2, -0.15) is 26.3 Å². The zero-order valence-corrected chi connectivity index (χ0v) is 29.1. The maximum atomic E-state index is 13.8. The summed E-state index contributed by atoms with van der Waals surface area (Å²) in [6, 6.07) is 14.0. The number of allylic oxidation sites excluding steroid dienone is 2. The van der Waals surface area contributed by atoms with E-state index < -0.39 is 39.9 Å². The maximum Gasteiger partial charge on any atom is 0.416 e. The van der Waals surface area contributed by atoms with Gasteiger partial charge in [0.2, 0.25) is 9.84 Å². The highest BCUT2D eigenvalue weighted by atomic mass is 32.2. The minimum absolute atomic E-state index is 0.0317. The molecule has 8 nitrogen and oxygen atoms in total. The lowest BCUT2D eigenvalue weighted by Crippen LogP contribution is -2.44. The van der Waals surface area contributed by atoms with Crippen LogP contribution in [0.25, 0.3) is 0 Å². The van der Waals surface area contributed by atoms with Gasteiger partial charge in [0, 0.05) is 65.4 Å². The van der Waals surface area contributed by atoms with Crippen LogP contribution in [0.3, 0.4) is 0 Å². The number of nitrogens with zero attached hydrogens (tertiary/aromatic N) is 2. The number of hydrogen-bond donors (Lipinski definition) is 2. The molecule has 0 radical (unpaired) electrons. The highest BCUT2D eigenvalue weighted by molar-refractivity contribution is 7.91. The summed E-state index contributed by atoms with van der Waals surface area (Å²) in [5.74, 6) is 0.266. The van der Waals surface area contributed by atoms with Crippen LogP contribution in [0.1, 0.15) is 11.1 Å². The summed E-state index contributed by atoms with van der Waals surface area (Å²) in [6.45, 7) is 9.72. The Bertz CT molecular complexity index is 1830. The number of alkyl halides is 6. The van der Waals surface area contributed by atoms with Gasteiger partial charge in [-0.1, -0.05) is 12.7 Å². The molecule has 15 heteroatoms. The van der Waals surface area contributed by atoms with E-state index in [1.54, 1.807) is 0 Å². The molecule has 0 saturated carbocycles. The second kappa shape index (κ2) is 17.1. The number of rotatable bonds is 13. The summed E-state index contributed by atoms with van der Waals surface area (Å²) in [4.78, 5) is 3.89. The molecule has 0 unspecified atom stereocenters. The van der Waals surface area contributed by atoms with E-state index in [2.05, 4.69) is 17.2 Å². The first-order chi connectivity index (χ1) is 24.7. The van der Waals surface area contributed by atoms with E-state index in [0.717, 1.165) is 50.5 Å². The van der Waals surface area contributed by atoms with Gasteiger partial charge in [0.05, 0.1) is 20.9 Å². The van der Waals surface area contributed by atoms with Crippen molar-refractivity contribution in [1.82, 2.24) is 20.4 Å². The van der Waals surface area contributed by atoms with Crippen LogP contribution in [0, 0.1) is 0 Å². The molecule has 5 rings (SSSR count). The smallest absolute Gasteiger partial charge is 0.416 e. The van der Waals surface area contributed by atoms with Crippen molar-refractivity contribution in [3.63, 3.8) is 0 Å². The van der Waals surface area contributed by atoms with Gasteiger partial charge in [0.25, 0.3) is 0 Å². The number of halogens is 6. The molecule has 2 saturated heterocycles. The summed E-state index contributed by atoms with van der Waals surface area (Å²) >= 11 is 0. The standard InChI is InChI=1S/C37H40F6N4O4S/c1-2-27(25-46-16-12-44-13-17-46)21-29(36(38,39)40)11-20-50-31-3-7-34(8-4-31)52(48,49)35-9-5-32(6-10-35)51-33-23-28(22-30(24-33)37(41,42)43)26-47-18-14-45-15-19-47/h2-11,21-24,44-45H,1,12-20,25-26H2/b27-21+,29-11+. The Morgan fingerprint density at radius 3 is 1.87 bits per heavy atom. The first-order valence-electron chi connectivity index (χ1n) is 16.6. The fourth-order valence-corrected chi connectivity index (χ4v) is 7.02. The quantitative estimate of drug-likeness (QED) is 0.149. The van der Waals surface area contributed by atoms with E-state index in [0.29, 0.717) is 50.4 Å². The Balaban J connectivity index is 1.23. The van der Waals surface area contributed by atoms with Crippen LogP contribution in [-0.2, 0) is 22.6 Å². The van der Waals surface area contributed by atoms with Crippen molar-refractivity contribution in [1.29, 1.82) is 0 Å². The highest BCUT2D eigenvalue weighted by Gasteiger charge is 2.33. The van der Waals surface area contributed by atoms with E-state index >= 15 is 0 Å². The highest BCUT2D eigenvalue weighted by Crippen LogP contribution is 2.35. The van der Waals surface area contributed by atoms with Crippen LogP contribution in [0.4, 0.5) is 26.3 Å². The summed E-state index contributed by atoms with van der Waals surface area (Å²) in [5, 5.41) is 6.40. The Morgan fingerprint density at radius 2 is 1.33 bits per heavy atom. The van der Waals surface area contributed by atoms with Gasteiger partial charge >= 0.3 is 12.4 Å². The fraction of sp³-hybridized carbons (Fsp3) is 0.351. The van der Waals surface area contributed by atoms with Crippen LogP contribution in [0.5, 0.6) is 17.2 Å². The largest absolute Gasteiger partial charge is 0.490 e. The van der Waals surface area contributed by atoms with E-state index in [1.807, 2.05) is 9.80 Å². The molecular weight excluding hydrogens is 710 g/mol. The summed E-state index contributed by atoms with van der Waals surface area (Å²) < 4.78 is 120. The topological polar surface area (TPSA) is 83.1 Å². The number of piperazine rings is 2. The SMILES string of the molecule is C=C/C(=C\C(=C/COc1ccc(S(=O)(=O)c2ccc(Oc3cc(CN4CCNCC4)cc(C(F)(F)F)c3)cc2)cc1)C(F)(F)F)CN1CCNCC1. The normalized spacial score (nSPS) is 17.2. The molecular formula is C37H40F6N4O4S. The number of hydrogen-bond acceptors (Lipinski definition) is 8. The monoisotopic (exact) mass is 750 g/mol. The molecule has 2 heterocycles. The molecule has 0 amide bonds. The van der Waals surface area contributed by atoms with Gasteiger partial charge in [-0.3, -0.25) is 9.80 Å². The summed E-state index contributed by atoms with van der Waals surface area (Å²) in [5.41, 5.74) is -0.868. The van der Waals surface area contributed by atoms with Gasteiger partial charge in [-0.05, 0) is 90.0 Å². The fourth-order valence-electron chi connectivity index (χ4n) is 5.76. The Labute approximate surface area is 299 Å². The second-order valence-corrected chi connectivity index (χ2v) is 14.3. The van der Waals surface area contributed by atoms with Crippen molar-refractivity contribution in [3.05, 3.63) is 114 Å². The lowest BCUT2D eigenvalue weighted by molar-refractivity contribution is -0.137. The molecule has 0 atom stereocenters. The molecule has 0 aliphatic carbocycles. The number of benzene rings is 3. The minimum Gasteiger partial charge on any atom is -0.490 e. The molecule has 280 valence electrons. The van der Waals surface area contributed by atoms with Crippen molar-refractivity contribution in [3.8, 4) is 17.2 Å². The van der Waals surface area contributed by atoms with Gasteiger partial charge < -0.3 is 20.1 Å². The first kappa shape index (κ1) is 39.1. The molecule has 52 heavy (non-hydrogen) atoms. The third-order valence-corrected chi connectivity index (χ3v) is 10.3. The zero-order valence-electron chi connectivity index (χ0n) is 28.3.